The highest BCUT2D eigenvalue weighted by molar-refractivity contribution is 7.18. The Bertz CT molecular complexity index is 445. The van der Waals surface area contributed by atoms with E-state index in [2.05, 4.69) is 48.4 Å². The van der Waals surface area contributed by atoms with Crippen LogP contribution in [0, 0.1) is 0 Å². The summed E-state index contributed by atoms with van der Waals surface area (Å²) in [5.74, 6) is 0. The highest BCUT2D eigenvalue weighted by atomic mass is 32.1. The maximum Gasteiger partial charge on any atom is 0.0939 e. The zero-order valence-electron chi connectivity index (χ0n) is 11.3. The lowest BCUT2D eigenvalue weighted by atomic mass is 10.1. The number of hydrogen-bond donors (Lipinski definition) is 1. The summed E-state index contributed by atoms with van der Waals surface area (Å²) in [4.78, 5) is 4.69. The lowest BCUT2D eigenvalue weighted by Gasteiger charge is -2.15. The zero-order chi connectivity index (χ0) is 12.8. The molecule has 0 amide bonds. The van der Waals surface area contributed by atoms with Crippen LogP contribution >= 0.6 is 11.3 Å². The number of aromatic nitrogens is 1. The second-order valence-electron chi connectivity index (χ2n) is 4.67. The van der Waals surface area contributed by atoms with Crippen molar-refractivity contribution in [3.63, 3.8) is 0 Å². The van der Waals surface area contributed by atoms with Gasteiger partial charge in [-0.3, -0.25) is 0 Å². The van der Waals surface area contributed by atoms with Gasteiger partial charge < -0.3 is 5.32 Å². The third-order valence-corrected chi connectivity index (χ3v) is 4.32. The first-order chi connectivity index (χ1) is 8.83. The molecule has 0 aliphatic rings. The molecular formula is C15H22N2S. The molecule has 0 fully saturated rings. The van der Waals surface area contributed by atoms with Gasteiger partial charge in [-0.25, -0.2) is 4.98 Å². The molecule has 0 spiro atoms. The van der Waals surface area contributed by atoms with Crippen molar-refractivity contribution in [1.82, 2.24) is 10.3 Å². The maximum absolute atomic E-state index is 4.69. The number of aryl methyl sites for hydroxylation is 1. The lowest BCUT2D eigenvalue weighted by Crippen LogP contribution is -2.29. The Kier molecular flexibility index (Phi) is 5.14. The molecule has 3 heteroatoms. The van der Waals surface area contributed by atoms with Gasteiger partial charge in [0.15, 0.2) is 0 Å². The molecule has 2 nitrogen and oxygen atoms in total. The average molecular weight is 262 g/mol. The van der Waals surface area contributed by atoms with Gasteiger partial charge in [0.25, 0.3) is 0 Å². The molecule has 18 heavy (non-hydrogen) atoms. The molecule has 2 rings (SSSR count). The summed E-state index contributed by atoms with van der Waals surface area (Å²) in [5.41, 5.74) is 1.15. The first kappa shape index (κ1) is 13.5. The van der Waals surface area contributed by atoms with Gasteiger partial charge >= 0.3 is 0 Å². The molecule has 0 aliphatic carbocycles. The standard InChI is InChI=1S/C15H22N2S/c1-3-11-16-12(4-2)9-10-15-17-13-7-5-6-8-14(13)18-15/h5-8,12,16H,3-4,9-11H2,1-2H3. The Labute approximate surface area is 113 Å². The Morgan fingerprint density at radius 1 is 1.28 bits per heavy atom. The van der Waals surface area contributed by atoms with Crippen molar-refractivity contribution in [2.75, 3.05) is 6.54 Å². The molecule has 0 aliphatic heterocycles. The van der Waals surface area contributed by atoms with Crippen LogP contribution in [0.4, 0.5) is 0 Å². The molecule has 0 saturated carbocycles. The van der Waals surface area contributed by atoms with Gasteiger partial charge in [0, 0.05) is 12.5 Å². The Balaban J connectivity index is 1.92. The number of nitrogens with zero attached hydrogens (tertiary/aromatic N) is 1. The smallest absolute Gasteiger partial charge is 0.0939 e. The van der Waals surface area contributed by atoms with Gasteiger partial charge in [-0.15, -0.1) is 11.3 Å². The minimum atomic E-state index is 0.636. The summed E-state index contributed by atoms with van der Waals surface area (Å²) in [6, 6.07) is 9.04. The summed E-state index contributed by atoms with van der Waals surface area (Å²) in [7, 11) is 0. The van der Waals surface area contributed by atoms with E-state index < -0.39 is 0 Å². The molecule has 0 bridgehead atoms. The van der Waals surface area contributed by atoms with Crippen LogP contribution in [0.2, 0.25) is 0 Å². The van der Waals surface area contributed by atoms with E-state index in [-0.39, 0.29) is 0 Å². The largest absolute Gasteiger partial charge is 0.314 e. The van der Waals surface area contributed by atoms with Crippen LogP contribution in [-0.4, -0.2) is 17.6 Å². The highest BCUT2D eigenvalue weighted by Crippen LogP contribution is 2.22. The van der Waals surface area contributed by atoms with Crippen LogP contribution in [0.5, 0.6) is 0 Å². The average Bonchev–Trinajstić information content (AvgIpc) is 2.81. The third kappa shape index (κ3) is 3.53. The van der Waals surface area contributed by atoms with E-state index in [0.717, 1.165) is 18.5 Å². The van der Waals surface area contributed by atoms with Gasteiger partial charge in [-0.2, -0.15) is 0 Å². The van der Waals surface area contributed by atoms with Gasteiger partial charge in [0.2, 0.25) is 0 Å². The number of thiazole rings is 1. The fraction of sp³-hybridized carbons (Fsp3) is 0.533. The number of rotatable bonds is 7. The maximum atomic E-state index is 4.69. The van der Waals surface area contributed by atoms with E-state index in [9.17, 15) is 0 Å². The molecule has 2 aromatic rings. The summed E-state index contributed by atoms with van der Waals surface area (Å²) in [6.07, 6.45) is 4.69. The number of hydrogen-bond acceptors (Lipinski definition) is 3. The Hall–Kier alpha value is -0.930. The number of fused-ring (bicyclic) bond motifs is 1. The Morgan fingerprint density at radius 2 is 2.11 bits per heavy atom. The first-order valence-electron chi connectivity index (χ1n) is 6.91. The molecule has 0 radical (unpaired) electrons. The van der Waals surface area contributed by atoms with Crippen LogP contribution in [0.3, 0.4) is 0 Å². The predicted molar refractivity (Wildman–Crippen MR) is 80.3 cm³/mol. The molecule has 1 heterocycles. The third-order valence-electron chi connectivity index (χ3n) is 3.22. The monoisotopic (exact) mass is 262 g/mol. The van der Waals surface area contributed by atoms with Crippen LogP contribution in [-0.2, 0) is 6.42 Å². The van der Waals surface area contributed by atoms with Crippen molar-refractivity contribution in [2.45, 2.75) is 45.6 Å². The van der Waals surface area contributed by atoms with E-state index in [1.165, 1.54) is 29.0 Å². The van der Waals surface area contributed by atoms with Crippen LogP contribution in [0.15, 0.2) is 24.3 Å². The molecule has 1 N–H and O–H groups in total. The number of benzene rings is 1. The summed E-state index contributed by atoms with van der Waals surface area (Å²) in [6.45, 7) is 5.59. The fourth-order valence-corrected chi connectivity index (χ4v) is 3.11. The van der Waals surface area contributed by atoms with E-state index in [0.29, 0.717) is 6.04 Å². The molecule has 1 unspecified atom stereocenters. The second kappa shape index (κ2) is 6.86. The van der Waals surface area contributed by atoms with Crippen molar-refractivity contribution in [3.8, 4) is 0 Å². The van der Waals surface area contributed by atoms with Crippen molar-refractivity contribution < 1.29 is 0 Å². The van der Waals surface area contributed by atoms with Crippen molar-refractivity contribution in [1.29, 1.82) is 0 Å². The predicted octanol–water partition coefficient (Wildman–Crippen LogP) is 4.01. The van der Waals surface area contributed by atoms with Gasteiger partial charge in [0.05, 0.1) is 15.2 Å². The topological polar surface area (TPSA) is 24.9 Å². The second-order valence-corrected chi connectivity index (χ2v) is 5.79. The van der Waals surface area contributed by atoms with Gasteiger partial charge in [-0.1, -0.05) is 26.0 Å². The highest BCUT2D eigenvalue weighted by Gasteiger charge is 2.08. The molecule has 1 atom stereocenters. The van der Waals surface area contributed by atoms with E-state index in [1.807, 2.05) is 11.3 Å². The van der Waals surface area contributed by atoms with E-state index in [4.69, 9.17) is 0 Å². The quantitative estimate of drug-likeness (QED) is 0.815. The van der Waals surface area contributed by atoms with Crippen LogP contribution < -0.4 is 5.32 Å². The van der Waals surface area contributed by atoms with E-state index in [1.54, 1.807) is 0 Å². The minimum Gasteiger partial charge on any atom is -0.314 e. The minimum absolute atomic E-state index is 0.636. The summed E-state index contributed by atoms with van der Waals surface area (Å²) in [5, 5.41) is 4.87. The Morgan fingerprint density at radius 3 is 2.83 bits per heavy atom. The van der Waals surface area contributed by atoms with E-state index >= 15 is 0 Å². The van der Waals surface area contributed by atoms with Crippen molar-refractivity contribution in [3.05, 3.63) is 29.3 Å². The fourth-order valence-electron chi connectivity index (χ4n) is 2.12. The molecule has 0 saturated heterocycles. The molecule has 1 aromatic heterocycles. The lowest BCUT2D eigenvalue weighted by molar-refractivity contribution is 0.468. The SMILES string of the molecule is CCCNC(CC)CCc1nc2ccccc2s1. The van der Waals surface area contributed by atoms with Crippen molar-refractivity contribution in [2.24, 2.45) is 0 Å². The number of nitrogens with one attached hydrogen (secondary N) is 1. The summed E-state index contributed by atoms with van der Waals surface area (Å²) < 4.78 is 1.31. The van der Waals surface area contributed by atoms with Crippen molar-refractivity contribution >= 4 is 21.6 Å². The molecular weight excluding hydrogens is 240 g/mol. The van der Waals surface area contributed by atoms with Gasteiger partial charge in [-0.05, 0) is 37.9 Å². The number of para-hydroxylation sites is 1. The van der Waals surface area contributed by atoms with Crippen LogP contribution in [0.25, 0.3) is 10.2 Å². The molecule has 1 aromatic carbocycles. The van der Waals surface area contributed by atoms with Gasteiger partial charge in [0.1, 0.15) is 0 Å². The van der Waals surface area contributed by atoms with Crippen LogP contribution in [0.1, 0.15) is 38.1 Å². The molecule has 98 valence electrons. The zero-order valence-corrected chi connectivity index (χ0v) is 12.1. The first-order valence-corrected chi connectivity index (χ1v) is 7.73. The normalized spacial score (nSPS) is 13.0. The summed E-state index contributed by atoms with van der Waals surface area (Å²) >= 11 is 1.83.